The number of amides is 1. The summed E-state index contributed by atoms with van der Waals surface area (Å²) >= 11 is 0. The summed E-state index contributed by atoms with van der Waals surface area (Å²) in [5, 5.41) is 0. The summed E-state index contributed by atoms with van der Waals surface area (Å²) in [4.78, 5) is 18.6. The van der Waals surface area contributed by atoms with Crippen LogP contribution in [0, 0.1) is 0 Å². The van der Waals surface area contributed by atoms with E-state index in [1.807, 2.05) is 14.1 Å². The molecule has 0 aromatic heterocycles. The summed E-state index contributed by atoms with van der Waals surface area (Å²) in [5.74, 6) is 0.668. The van der Waals surface area contributed by atoms with Crippen molar-refractivity contribution in [1.29, 1.82) is 0 Å². The van der Waals surface area contributed by atoms with Crippen LogP contribution < -0.4 is 0 Å². The molecule has 0 aliphatic carbocycles. The number of hydrogen-bond donors (Lipinski definition) is 0. The Bertz CT molecular complexity index is 213. The number of carbonyl (C=O) groups is 1. The second-order valence-electron chi connectivity index (χ2n) is 2.70. The molecule has 0 spiro atoms. The summed E-state index contributed by atoms with van der Waals surface area (Å²) in [5.41, 5.74) is 0. The lowest BCUT2D eigenvalue weighted by atomic mass is 10.6. The Morgan fingerprint density at radius 1 is 1.67 bits per heavy atom. The Kier molecular flexibility index (Phi) is 2.52. The number of hydrogen-bond acceptors (Lipinski definition) is 4. The van der Waals surface area contributed by atoms with Crippen molar-refractivity contribution in [3.63, 3.8) is 0 Å². The number of aliphatic imine (C=N–C) groups is 1. The standard InChI is InChI=1S/C7H13N3O2/c1-9(2)6-8-4-5-10(6)7(11)12-3/h4-5H2,1-3H3. The Morgan fingerprint density at radius 3 is 2.83 bits per heavy atom. The molecule has 1 aliphatic rings. The molecule has 1 heterocycles. The average molecular weight is 171 g/mol. The maximum absolute atomic E-state index is 11.1. The van der Waals surface area contributed by atoms with Crippen LogP contribution in [-0.2, 0) is 4.74 Å². The van der Waals surface area contributed by atoms with E-state index in [0.29, 0.717) is 19.0 Å². The van der Waals surface area contributed by atoms with E-state index in [2.05, 4.69) is 9.73 Å². The lowest BCUT2D eigenvalue weighted by molar-refractivity contribution is 0.146. The lowest BCUT2D eigenvalue weighted by Gasteiger charge is -2.21. The third-order valence-electron chi connectivity index (χ3n) is 1.61. The van der Waals surface area contributed by atoms with Crippen LogP contribution in [0.2, 0.25) is 0 Å². The minimum Gasteiger partial charge on any atom is -0.452 e. The van der Waals surface area contributed by atoms with Gasteiger partial charge in [0.2, 0.25) is 5.96 Å². The smallest absolute Gasteiger partial charge is 0.416 e. The van der Waals surface area contributed by atoms with E-state index in [1.165, 1.54) is 12.0 Å². The highest BCUT2D eigenvalue weighted by atomic mass is 16.5. The zero-order valence-electron chi connectivity index (χ0n) is 7.57. The second kappa shape index (κ2) is 3.42. The van der Waals surface area contributed by atoms with Crippen molar-refractivity contribution in [1.82, 2.24) is 9.80 Å². The van der Waals surface area contributed by atoms with Crippen LogP contribution in [0.5, 0.6) is 0 Å². The SMILES string of the molecule is COC(=O)N1CCN=C1N(C)C. The fourth-order valence-electron chi connectivity index (χ4n) is 1.10. The van der Waals surface area contributed by atoms with Crippen LogP contribution in [0.1, 0.15) is 0 Å². The molecule has 0 bridgehead atoms. The van der Waals surface area contributed by atoms with Gasteiger partial charge in [0.15, 0.2) is 0 Å². The van der Waals surface area contributed by atoms with E-state index in [1.54, 1.807) is 4.90 Å². The molecule has 0 saturated carbocycles. The molecule has 0 saturated heterocycles. The highest BCUT2D eigenvalue weighted by Gasteiger charge is 2.25. The molecule has 0 N–H and O–H groups in total. The Hall–Kier alpha value is -1.26. The summed E-state index contributed by atoms with van der Waals surface area (Å²) in [6.45, 7) is 1.27. The normalized spacial score (nSPS) is 15.9. The van der Waals surface area contributed by atoms with Crippen LogP contribution in [-0.4, -0.2) is 56.1 Å². The van der Waals surface area contributed by atoms with Gasteiger partial charge >= 0.3 is 6.09 Å². The predicted molar refractivity (Wildman–Crippen MR) is 45.1 cm³/mol. The van der Waals surface area contributed by atoms with E-state index < -0.39 is 0 Å². The molecule has 0 unspecified atom stereocenters. The molecule has 5 nitrogen and oxygen atoms in total. The molecule has 0 radical (unpaired) electrons. The number of guanidine groups is 1. The summed E-state index contributed by atoms with van der Waals surface area (Å²) < 4.78 is 4.59. The molecule has 1 amide bonds. The second-order valence-corrected chi connectivity index (χ2v) is 2.70. The summed E-state index contributed by atoms with van der Waals surface area (Å²) in [7, 11) is 5.06. The highest BCUT2D eigenvalue weighted by Crippen LogP contribution is 2.04. The molecular weight excluding hydrogens is 158 g/mol. The van der Waals surface area contributed by atoms with Crippen LogP contribution in [0.3, 0.4) is 0 Å². The first-order valence-electron chi connectivity index (χ1n) is 3.74. The molecule has 0 aromatic carbocycles. The van der Waals surface area contributed by atoms with Gasteiger partial charge in [-0.15, -0.1) is 0 Å². The van der Waals surface area contributed by atoms with Gasteiger partial charge in [-0.3, -0.25) is 4.99 Å². The number of rotatable bonds is 0. The van der Waals surface area contributed by atoms with E-state index in [-0.39, 0.29) is 6.09 Å². The molecule has 1 rings (SSSR count). The fraction of sp³-hybridized carbons (Fsp3) is 0.714. The molecular formula is C7H13N3O2. The minimum atomic E-state index is -0.347. The quantitative estimate of drug-likeness (QED) is 0.514. The van der Waals surface area contributed by atoms with Gasteiger partial charge in [-0.05, 0) is 0 Å². The van der Waals surface area contributed by atoms with E-state index >= 15 is 0 Å². The van der Waals surface area contributed by atoms with Crippen molar-refractivity contribution in [3.05, 3.63) is 0 Å². The van der Waals surface area contributed by atoms with Crippen molar-refractivity contribution >= 4 is 12.1 Å². The van der Waals surface area contributed by atoms with Gasteiger partial charge in [0.05, 0.1) is 20.2 Å². The summed E-state index contributed by atoms with van der Waals surface area (Å²) in [6, 6.07) is 0. The molecule has 0 atom stereocenters. The van der Waals surface area contributed by atoms with Crippen molar-refractivity contribution in [2.24, 2.45) is 4.99 Å². The zero-order valence-corrected chi connectivity index (χ0v) is 7.57. The zero-order chi connectivity index (χ0) is 9.14. The van der Waals surface area contributed by atoms with Crippen molar-refractivity contribution < 1.29 is 9.53 Å². The van der Waals surface area contributed by atoms with Crippen LogP contribution in [0.4, 0.5) is 4.79 Å². The number of ether oxygens (including phenoxy) is 1. The highest BCUT2D eigenvalue weighted by molar-refractivity contribution is 5.94. The van der Waals surface area contributed by atoms with Crippen LogP contribution >= 0.6 is 0 Å². The van der Waals surface area contributed by atoms with Gasteiger partial charge in [-0.25, -0.2) is 9.69 Å². The minimum absolute atomic E-state index is 0.347. The summed E-state index contributed by atoms with van der Waals surface area (Å²) in [6.07, 6.45) is -0.347. The van der Waals surface area contributed by atoms with Crippen molar-refractivity contribution in [2.75, 3.05) is 34.3 Å². The van der Waals surface area contributed by atoms with Gasteiger partial charge in [0, 0.05) is 14.1 Å². The number of methoxy groups -OCH3 is 1. The number of nitrogens with zero attached hydrogens (tertiary/aromatic N) is 3. The molecule has 68 valence electrons. The van der Waals surface area contributed by atoms with Crippen LogP contribution in [0.15, 0.2) is 4.99 Å². The van der Waals surface area contributed by atoms with Crippen molar-refractivity contribution in [3.8, 4) is 0 Å². The van der Waals surface area contributed by atoms with Gasteiger partial charge in [0.25, 0.3) is 0 Å². The number of carbonyl (C=O) groups excluding carboxylic acids is 1. The van der Waals surface area contributed by atoms with E-state index in [9.17, 15) is 4.79 Å². The average Bonchev–Trinajstić information content (AvgIpc) is 2.50. The molecule has 5 heteroatoms. The Balaban J connectivity index is 2.68. The first-order chi connectivity index (χ1) is 5.66. The molecule has 12 heavy (non-hydrogen) atoms. The third kappa shape index (κ3) is 1.49. The predicted octanol–water partition coefficient (Wildman–Crippen LogP) is -0.0140. The first-order valence-corrected chi connectivity index (χ1v) is 3.74. The van der Waals surface area contributed by atoms with Gasteiger partial charge < -0.3 is 9.64 Å². The van der Waals surface area contributed by atoms with E-state index in [0.717, 1.165) is 0 Å². The lowest BCUT2D eigenvalue weighted by Crippen LogP contribution is -2.41. The van der Waals surface area contributed by atoms with Gasteiger partial charge in [-0.2, -0.15) is 0 Å². The first kappa shape index (κ1) is 8.83. The fourth-order valence-corrected chi connectivity index (χ4v) is 1.10. The molecule has 1 aliphatic heterocycles. The third-order valence-corrected chi connectivity index (χ3v) is 1.61. The topological polar surface area (TPSA) is 45.1 Å². The molecule has 0 fully saturated rings. The maximum Gasteiger partial charge on any atom is 0.416 e. The van der Waals surface area contributed by atoms with Crippen LogP contribution in [0.25, 0.3) is 0 Å². The Morgan fingerprint density at radius 2 is 2.33 bits per heavy atom. The van der Waals surface area contributed by atoms with Gasteiger partial charge in [0.1, 0.15) is 0 Å². The monoisotopic (exact) mass is 171 g/mol. The van der Waals surface area contributed by atoms with Crippen molar-refractivity contribution in [2.45, 2.75) is 0 Å². The van der Waals surface area contributed by atoms with E-state index in [4.69, 9.17) is 0 Å². The largest absolute Gasteiger partial charge is 0.452 e. The van der Waals surface area contributed by atoms with Gasteiger partial charge in [-0.1, -0.05) is 0 Å². The maximum atomic E-state index is 11.1. The Labute approximate surface area is 71.6 Å². The molecule has 0 aromatic rings.